The van der Waals surface area contributed by atoms with Crippen LogP contribution in [0.2, 0.25) is 0 Å². The minimum atomic E-state index is 0.00403. The summed E-state index contributed by atoms with van der Waals surface area (Å²) in [5.41, 5.74) is 2.87. The van der Waals surface area contributed by atoms with Crippen molar-refractivity contribution in [3.63, 3.8) is 0 Å². The van der Waals surface area contributed by atoms with Crippen LogP contribution < -0.4 is 9.47 Å². The average Bonchev–Trinajstić information content (AvgIpc) is 3.05. The average molecular weight is 439 g/mol. The van der Waals surface area contributed by atoms with Crippen molar-refractivity contribution in [3.05, 3.63) is 59.2 Å². The molecule has 172 valence electrons. The van der Waals surface area contributed by atoms with Crippen LogP contribution in [0.15, 0.2) is 42.5 Å². The fourth-order valence-corrected chi connectivity index (χ4v) is 4.00. The largest absolute Gasteiger partial charge is 0.494 e. The van der Waals surface area contributed by atoms with Crippen LogP contribution in [-0.2, 0) is 4.79 Å². The smallest absolute Gasteiger partial charge is 0.253 e. The van der Waals surface area contributed by atoms with Crippen LogP contribution in [0, 0.1) is 13.8 Å². The highest BCUT2D eigenvalue weighted by Gasteiger charge is 2.22. The van der Waals surface area contributed by atoms with Gasteiger partial charge in [0.05, 0.1) is 13.2 Å². The lowest BCUT2D eigenvalue weighted by atomic mass is 10.1. The Labute approximate surface area is 191 Å². The number of rotatable bonds is 8. The summed E-state index contributed by atoms with van der Waals surface area (Å²) < 4.78 is 11.4. The molecule has 1 aliphatic rings. The Morgan fingerprint density at radius 3 is 2.22 bits per heavy atom. The van der Waals surface area contributed by atoms with Crippen LogP contribution in [-0.4, -0.2) is 61.0 Å². The van der Waals surface area contributed by atoms with Crippen molar-refractivity contribution < 1.29 is 19.1 Å². The second kappa shape index (κ2) is 11.6. The van der Waals surface area contributed by atoms with Crippen LogP contribution in [0.5, 0.6) is 11.5 Å². The van der Waals surface area contributed by atoms with Crippen LogP contribution in [0.4, 0.5) is 0 Å². The standard InChI is InChI=1S/C26H34N2O4/c1-4-31-23-13-11-22(12-14-23)26(30)28-16-7-15-27(17-18-28)24(29)10-6-19-32-25-20(2)8-5-9-21(25)3/h5,8-9,11-14H,4,6-7,10,15-19H2,1-3H3. The van der Waals surface area contributed by atoms with Gasteiger partial charge in [-0.25, -0.2) is 0 Å². The molecule has 1 fully saturated rings. The zero-order valence-electron chi connectivity index (χ0n) is 19.4. The van der Waals surface area contributed by atoms with E-state index in [1.54, 1.807) is 12.1 Å². The Kier molecular flexibility index (Phi) is 8.54. The van der Waals surface area contributed by atoms with Crippen LogP contribution in [0.1, 0.15) is 47.7 Å². The third-order valence-corrected chi connectivity index (χ3v) is 5.74. The molecule has 0 saturated carbocycles. The maximum absolute atomic E-state index is 12.9. The molecule has 0 bridgehead atoms. The van der Waals surface area contributed by atoms with Crippen molar-refractivity contribution in [3.8, 4) is 11.5 Å². The van der Waals surface area contributed by atoms with Crippen LogP contribution in [0.3, 0.4) is 0 Å². The lowest BCUT2D eigenvalue weighted by Crippen LogP contribution is -2.37. The Morgan fingerprint density at radius 2 is 1.53 bits per heavy atom. The van der Waals surface area contributed by atoms with Gasteiger partial charge in [0.2, 0.25) is 5.91 Å². The zero-order valence-corrected chi connectivity index (χ0v) is 19.4. The van der Waals surface area contributed by atoms with E-state index in [2.05, 4.69) is 0 Å². The minimum absolute atomic E-state index is 0.00403. The van der Waals surface area contributed by atoms with E-state index in [-0.39, 0.29) is 11.8 Å². The Hall–Kier alpha value is -3.02. The highest BCUT2D eigenvalue weighted by Crippen LogP contribution is 2.22. The maximum Gasteiger partial charge on any atom is 0.253 e. The summed E-state index contributed by atoms with van der Waals surface area (Å²) in [6.07, 6.45) is 1.92. The van der Waals surface area contributed by atoms with Crippen molar-refractivity contribution in [1.29, 1.82) is 0 Å². The van der Waals surface area contributed by atoms with Gasteiger partial charge in [-0.3, -0.25) is 9.59 Å². The van der Waals surface area contributed by atoms with Gasteiger partial charge in [-0.2, -0.15) is 0 Å². The normalized spacial score (nSPS) is 14.1. The third kappa shape index (κ3) is 6.25. The number of nitrogens with zero attached hydrogens (tertiary/aromatic N) is 2. The number of para-hydroxylation sites is 1. The van der Waals surface area contributed by atoms with E-state index in [1.165, 1.54) is 0 Å². The summed E-state index contributed by atoms with van der Waals surface area (Å²) in [4.78, 5) is 29.3. The molecule has 2 amide bonds. The van der Waals surface area contributed by atoms with E-state index in [0.717, 1.165) is 29.0 Å². The molecule has 0 radical (unpaired) electrons. The maximum atomic E-state index is 12.9. The summed E-state index contributed by atoms with van der Waals surface area (Å²) in [6.45, 7) is 9.58. The third-order valence-electron chi connectivity index (χ3n) is 5.74. The second-order valence-electron chi connectivity index (χ2n) is 8.16. The highest BCUT2D eigenvalue weighted by molar-refractivity contribution is 5.94. The molecule has 0 unspecified atom stereocenters. The van der Waals surface area contributed by atoms with Crippen molar-refractivity contribution in [2.75, 3.05) is 39.4 Å². The van der Waals surface area contributed by atoms with Crippen LogP contribution in [0.25, 0.3) is 0 Å². The number of hydrogen-bond donors (Lipinski definition) is 0. The van der Waals surface area contributed by atoms with Gasteiger partial charge >= 0.3 is 0 Å². The zero-order chi connectivity index (χ0) is 22.9. The van der Waals surface area contributed by atoms with Crippen molar-refractivity contribution in [2.45, 2.75) is 40.0 Å². The number of carbonyl (C=O) groups excluding carboxylic acids is 2. The molecule has 0 spiro atoms. The predicted octanol–water partition coefficient (Wildman–Crippen LogP) is 4.24. The molecule has 0 aromatic heterocycles. The number of ether oxygens (including phenoxy) is 2. The fraction of sp³-hybridized carbons (Fsp3) is 0.462. The first-order valence-electron chi connectivity index (χ1n) is 11.5. The topological polar surface area (TPSA) is 59.1 Å². The molecule has 1 saturated heterocycles. The number of carbonyl (C=O) groups is 2. The van der Waals surface area contributed by atoms with Gasteiger partial charge in [0.1, 0.15) is 11.5 Å². The monoisotopic (exact) mass is 438 g/mol. The Bertz CT molecular complexity index is 890. The molecule has 1 heterocycles. The quantitative estimate of drug-likeness (QED) is 0.579. The van der Waals surface area contributed by atoms with E-state index in [1.807, 2.05) is 60.9 Å². The second-order valence-corrected chi connectivity index (χ2v) is 8.16. The first kappa shape index (κ1) is 23.6. The van der Waals surface area contributed by atoms with Crippen LogP contribution >= 0.6 is 0 Å². The van der Waals surface area contributed by atoms with Crippen molar-refractivity contribution in [2.24, 2.45) is 0 Å². The van der Waals surface area contributed by atoms with Gasteiger partial charge in [-0.05, 0) is 69.0 Å². The lowest BCUT2D eigenvalue weighted by molar-refractivity contribution is -0.131. The van der Waals surface area contributed by atoms with E-state index in [9.17, 15) is 9.59 Å². The highest BCUT2D eigenvalue weighted by atomic mass is 16.5. The van der Waals surface area contributed by atoms with E-state index in [0.29, 0.717) is 57.8 Å². The summed E-state index contributed by atoms with van der Waals surface area (Å²) in [5, 5.41) is 0. The van der Waals surface area contributed by atoms with Gasteiger partial charge in [0.25, 0.3) is 5.91 Å². The molecule has 1 aliphatic heterocycles. The lowest BCUT2D eigenvalue weighted by Gasteiger charge is -2.22. The van der Waals surface area contributed by atoms with Gasteiger partial charge in [0, 0.05) is 38.2 Å². The van der Waals surface area contributed by atoms with Gasteiger partial charge in [-0.1, -0.05) is 18.2 Å². The molecular weight excluding hydrogens is 404 g/mol. The fourth-order valence-electron chi connectivity index (χ4n) is 4.00. The molecular formula is C26H34N2O4. The van der Waals surface area contributed by atoms with Crippen molar-refractivity contribution >= 4 is 11.8 Å². The molecule has 6 nitrogen and oxygen atoms in total. The summed E-state index contributed by atoms with van der Waals surface area (Å²) in [7, 11) is 0. The van der Waals surface area contributed by atoms with Gasteiger partial charge in [0.15, 0.2) is 0 Å². The summed E-state index contributed by atoms with van der Waals surface area (Å²) in [6, 6.07) is 13.3. The Balaban J connectivity index is 1.45. The first-order valence-corrected chi connectivity index (χ1v) is 11.5. The minimum Gasteiger partial charge on any atom is -0.494 e. The molecule has 0 aliphatic carbocycles. The summed E-state index contributed by atoms with van der Waals surface area (Å²) >= 11 is 0. The van der Waals surface area contributed by atoms with E-state index < -0.39 is 0 Å². The van der Waals surface area contributed by atoms with Gasteiger partial charge < -0.3 is 19.3 Å². The number of aryl methyl sites for hydroxylation is 2. The number of amides is 2. The number of hydrogen-bond acceptors (Lipinski definition) is 4. The predicted molar refractivity (Wildman–Crippen MR) is 125 cm³/mol. The number of benzene rings is 2. The molecule has 32 heavy (non-hydrogen) atoms. The SMILES string of the molecule is CCOc1ccc(C(=O)N2CCCN(C(=O)CCCOc3c(C)cccc3C)CC2)cc1. The van der Waals surface area contributed by atoms with E-state index >= 15 is 0 Å². The molecule has 0 N–H and O–H groups in total. The molecule has 0 atom stereocenters. The Morgan fingerprint density at radius 1 is 0.875 bits per heavy atom. The van der Waals surface area contributed by atoms with Crippen molar-refractivity contribution in [1.82, 2.24) is 9.80 Å². The molecule has 2 aromatic carbocycles. The van der Waals surface area contributed by atoms with Gasteiger partial charge in [-0.15, -0.1) is 0 Å². The molecule has 2 aromatic rings. The molecule has 6 heteroatoms. The first-order chi connectivity index (χ1) is 15.5. The molecule has 3 rings (SSSR count). The van der Waals surface area contributed by atoms with E-state index in [4.69, 9.17) is 9.47 Å². The summed E-state index contributed by atoms with van der Waals surface area (Å²) in [5.74, 6) is 1.81.